The lowest BCUT2D eigenvalue weighted by Crippen LogP contribution is -2.11. The summed E-state index contributed by atoms with van der Waals surface area (Å²) in [6, 6.07) is 86.3. The van der Waals surface area contributed by atoms with Crippen LogP contribution in [0.3, 0.4) is 0 Å². The van der Waals surface area contributed by atoms with E-state index in [0.29, 0.717) is 0 Å². The summed E-state index contributed by atoms with van der Waals surface area (Å²) < 4.78 is 0. The lowest BCUT2D eigenvalue weighted by Gasteiger charge is -2.29. The molecule has 0 aliphatic carbocycles. The molecule has 0 unspecified atom stereocenters. The van der Waals surface area contributed by atoms with Gasteiger partial charge in [-0.2, -0.15) is 0 Å². The van der Waals surface area contributed by atoms with Gasteiger partial charge in [0.25, 0.3) is 0 Å². The molecular weight excluding hydrogens is 711 g/mol. The van der Waals surface area contributed by atoms with Gasteiger partial charge >= 0.3 is 0 Å². The van der Waals surface area contributed by atoms with E-state index in [-0.39, 0.29) is 0 Å². The summed E-state index contributed by atoms with van der Waals surface area (Å²) >= 11 is 0. The second kappa shape index (κ2) is 14.6. The molecule has 11 aromatic carbocycles. The Morgan fingerprint density at radius 2 is 0.678 bits per heavy atom. The van der Waals surface area contributed by atoms with Crippen molar-refractivity contribution in [1.29, 1.82) is 0 Å². The number of fused-ring (bicyclic) bond motifs is 6. The van der Waals surface area contributed by atoms with Crippen molar-refractivity contribution in [2.45, 2.75) is 0 Å². The van der Waals surface area contributed by atoms with Gasteiger partial charge in [0.05, 0.1) is 5.69 Å². The summed E-state index contributed by atoms with van der Waals surface area (Å²) in [7, 11) is 0. The number of rotatable bonds is 7. The van der Waals surface area contributed by atoms with Gasteiger partial charge in [-0.05, 0) is 124 Å². The molecule has 0 saturated carbocycles. The monoisotopic (exact) mass is 749 g/mol. The highest BCUT2D eigenvalue weighted by Gasteiger charge is 2.20. The highest BCUT2D eigenvalue weighted by atomic mass is 15.1. The zero-order valence-corrected chi connectivity index (χ0v) is 32.5. The maximum absolute atomic E-state index is 2.43. The quantitative estimate of drug-likeness (QED) is 0.147. The molecule has 11 aromatic rings. The molecule has 0 bridgehead atoms. The van der Waals surface area contributed by atoms with Crippen molar-refractivity contribution in [2.24, 2.45) is 0 Å². The van der Waals surface area contributed by atoms with Crippen LogP contribution in [0.1, 0.15) is 0 Å². The van der Waals surface area contributed by atoms with Gasteiger partial charge in [-0.25, -0.2) is 0 Å². The van der Waals surface area contributed by atoms with Crippen LogP contribution in [-0.2, 0) is 0 Å². The van der Waals surface area contributed by atoms with E-state index in [1.807, 2.05) is 0 Å². The molecule has 0 aromatic heterocycles. The van der Waals surface area contributed by atoms with Gasteiger partial charge in [0.1, 0.15) is 0 Å². The number of hydrogen-bond acceptors (Lipinski definition) is 1. The van der Waals surface area contributed by atoms with Crippen LogP contribution in [0, 0.1) is 0 Å². The normalized spacial score (nSPS) is 11.4. The van der Waals surface area contributed by atoms with Crippen LogP contribution < -0.4 is 4.90 Å². The van der Waals surface area contributed by atoms with E-state index in [0.717, 1.165) is 22.6 Å². The van der Waals surface area contributed by atoms with E-state index in [2.05, 4.69) is 241 Å². The fraction of sp³-hybridized carbons (Fsp3) is 0. The van der Waals surface area contributed by atoms with Gasteiger partial charge in [0.15, 0.2) is 0 Å². The van der Waals surface area contributed by atoms with Gasteiger partial charge < -0.3 is 4.90 Å². The Kier molecular flexibility index (Phi) is 8.56. The Balaban J connectivity index is 1.09. The number of nitrogens with zero attached hydrogens (tertiary/aromatic N) is 1. The largest absolute Gasteiger partial charge is 0.310 e. The Bertz CT molecular complexity index is 3290. The SMILES string of the molecule is c1ccc(-c2ccc(N(c3ccc(-c4ccc5c(ccc6ccccc65)c4)cc3)c3cc(-c4cc5ccccc5c5ccccc45)ccc3-c3ccccc3)cc2)cc1. The van der Waals surface area contributed by atoms with Gasteiger partial charge in [-0.3, -0.25) is 0 Å². The minimum atomic E-state index is 1.09. The zero-order chi connectivity index (χ0) is 39.1. The molecule has 0 amide bonds. The predicted octanol–water partition coefficient (Wildman–Crippen LogP) is 16.4. The Hall–Kier alpha value is -7.74. The lowest BCUT2D eigenvalue weighted by molar-refractivity contribution is 1.28. The molecular formula is C58H39N. The summed E-state index contributed by atoms with van der Waals surface area (Å²) in [6.07, 6.45) is 0. The van der Waals surface area contributed by atoms with Crippen LogP contribution in [0.4, 0.5) is 17.1 Å². The molecule has 1 nitrogen and oxygen atoms in total. The first kappa shape index (κ1) is 34.5. The van der Waals surface area contributed by atoms with Gasteiger partial charge in [-0.15, -0.1) is 0 Å². The zero-order valence-electron chi connectivity index (χ0n) is 32.5. The third kappa shape index (κ3) is 6.30. The summed E-state index contributed by atoms with van der Waals surface area (Å²) in [5.41, 5.74) is 12.8. The average Bonchev–Trinajstić information content (AvgIpc) is 3.32. The molecule has 0 fully saturated rings. The molecule has 0 heterocycles. The van der Waals surface area contributed by atoms with E-state index >= 15 is 0 Å². The minimum Gasteiger partial charge on any atom is -0.310 e. The maximum atomic E-state index is 2.43. The van der Waals surface area contributed by atoms with E-state index < -0.39 is 0 Å². The van der Waals surface area contributed by atoms with E-state index in [1.54, 1.807) is 0 Å². The summed E-state index contributed by atoms with van der Waals surface area (Å²) in [4.78, 5) is 2.43. The molecule has 59 heavy (non-hydrogen) atoms. The van der Waals surface area contributed by atoms with Crippen LogP contribution >= 0.6 is 0 Å². The lowest BCUT2D eigenvalue weighted by atomic mass is 9.91. The number of benzene rings is 11. The van der Waals surface area contributed by atoms with Crippen LogP contribution in [0.15, 0.2) is 237 Å². The molecule has 0 radical (unpaired) electrons. The molecule has 11 rings (SSSR count). The van der Waals surface area contributed by atoms with Crippen molar-refractivity contribution >= 4 is 60.2 Å². The van der Waals surface area contributed by atoms with Crippen LogP contribution in [0.5, 0.6) is 0 Å². The molecule has 0 aliphatic heterocycles. The van der Waals surface area contributed by atoms with Crippen molar-refractivity contribution in [3.8, 4) is 44.5 Å². The Morgan fingerprint density at radius 1 is 0.220 bits per heavy atom. The third-order valence-electron chi connectivity index (χ3n) is 11.8. The smallest absolute Gasteiger partial charge is 0.0546 e. The molecule has 0 N–H and O–H groups in total. The summed E-state index contributed by atoms with van der Waals surface area (Å²) in [5, 5.41) is 10.1. The molecule has 0 aliphatic rings. The summed E-state index contributed by atoms with van der Waals surface area (Å²) in [5.74, 6) is 0. The highest BCUT2D eigenvalue weighted by Crippen LogP contribution is 2.45. The molecule has 0 atom stereocenters. The van der Waals surface area contributed by atoms with Crippen molar-refractivity contribution < 1.29 is 0 Å². The van der Waals surface area contributed by atoms with Crippen LogP contribution in [0.25, 0.3) is 87.6 Å². The first-order valence-corrected chi connectivity index (χ1v) is 20.3. The van der Waals surface area contributed by atoms with Crippen molar-refractivity contribution in [1.82, 2.24) is 0 Å². The first-order chi connectivity index (χ1) is 29.2. The average molecular weight is 750 g/mol. The molecule has 0 spiro atoms. The predicted molar refractivity (Wildman–Crippen MR) is 253 cm³/mol. The molecule has 1 heteroatoms. The van der Waals surface area contributed by atoms with E-state index in [1.165, 1.54) is 82.0 Å². The van der Waals surface area contributed by atoms with Crippen LogP contribution in [0.2, 0.25) is 0 Å². The van der Waals surface area contributed by atoms with E-state index in [9.17, 15) is 0 Å². The van der Waals surface area contributed by atoms with Gasteiger partial charge in [0.2, 0.25) is 0 Å². The Morgan fingerprint density at radius 3 is 1.37 bits per heavy atom. The number of hydrogen-bond donors (Lipinski definition) is 0. The minimum absolute atomic E-state index is 1.09. The highest BCUT2D eigenvalue weighted by molar-refractivity contribution is 6.14. The standard InChI is InChI=1S/C58H39N/c1-3-13-40(14-4-1)41-25-31-49(32-26-41)59(50-33-27-42(28-34-50)45-29-35-53-47(37-45)24-23-44-17-7-9-19-51(44)53)58-39-48(30-36-54(58)43-15-5-2-6-16-43)57-38-46-18-8-10-20-52(46)55-21-11-12-22-56(55)57/h1-39H. The fourth-order valence-electron chi connectivity index (χ4n) is 8.90. The second-order valence-electron chi connectivity index (χ2n) is 15.3. The van der Waals surface area contributed by atoms with Crippen molar-refractivity contribution in [2.75, 3.05) is 4.90 Å². The van der Waals surface area contributed by atoms with Crippen molar-refractivity contribution in [3.63, 3.8) is 0 Å². The number of anilines is 3. The molecule has 0 saturated heterocycles. The van der Waals surface area contributed by atoms with Gasteiger partial charge in [-0.1, -0.05) is 194 Å². The molecule has 276 valence electrons. The Labute approximate surface area is 344 Å². The third-order valence-corrected chi connectivity index (χ3v) is 11.8. The first-order valence-electron chi connectivity index (χ1n) is 20.3. The second-order valence-corrected chi connectivity index (χ2v) is 15.3. The fourth-order valence-corrected chi connectivity index (χ4v) is 8.90. The van der Waals surface area contributed by atoms with E-state index in [4.69, 9.17) is 0 Å². The maximum Gasteiger partial charge on any atom is 0.0546 e. The summed E-state index contributed by atoms with van der Waals surface area (Å²) in [6.45, 7) is 0. The van der Waals surface area contributed by atoms with Gasteiger partial charge in [0, 0.05) is 16.9 Å². The van der Waals surface area contributed by atoms with Crippen molar-refractivity contribution in [3.05, 3.63) is 237 Å². The topological polar surface area (TPSA) is 3.24 Å². The van der Waals surface area contributed by atoms with Crippen LogP contribution in [-0.4, -0.2) is 0 Å².